The van der Waals surface area contributed by atoms with Gasteiger partial charge in [0.2, 0.25) is 5.75 Å². The lowest BCUT2D eigenvalue weighted by molar-refractivity contribution is -0.123. The van der Waals surface area contributed by atoms with E-state index in [0.29, 0.717) is 23.8 Å². The number of carbonyl (C=O) groups excluding carboxylic acids is 1. The minimum atomic E-state index is -0.151. The second-order valence-corrected chi connectivity index (χ2v) is 3.98. The van der Waals surface area contributed by atoms with Crippen LogP contribution >= 0.6 is 0 Å². The van der Waals surface area contributed by atoms with Crippen LogP contribution in [-0.4, -0.2) is 33.3 Å². The van der Waals surface area contributed by atoms with Crippen LogP contribution in [-0.2, 0) is 4.79 Å². The van der Waals surface area contributed by atoms with Gasteiger partial charge in [0, 0.05) is 6.54 Å². The van der Waals surface area contributed by atoms with E-state index in [2.05, 4.69) is 12.2 Å². The summed E-state index contributed by atoms with van der Waals surface area (Å²) in [5.41, 5.74) is 0. The van der Waals surface area contributed by atoms with Crippen LogP contribution in [0.2, 0.25) is 0 Å². The zero-order valence-corrected chi connectivity index (χ0v) is 11.7. The molecule has 5 heteroatoms. The second-order valence-electron chi connectivity index (χ2n) is 3.98. The predicted molar refractivity (Wildman–Crippen MR) is 73.0 cm³/mol. The van der Waals surface area contributed by atoms with Crippen molar-refractivity contribution in [3.05, 3.63) is 18.2 Å². The molecular weight excluding hydrogens is 246 g/mol. The van der Waals surface area contributed by atoms with Gasteiger partial charge in [-0.3, -0.25) is 4.79 Å². The Morgan fingerprint density at radius 2 is 1.84 bits per heavy atom. The first-order valence-corrected chi connectivity index (χ1v) is 6.33. The van der Waals surface area contributed by atoms with Gasteiger partial charge in [-0.05, 0) is 18.6 Å². The number of rotatable bonds is 8. The van der Waals surface area contributed by atoms with Crippen LogP contribution in [0.5, 0.6) is 17.2 Å². The second kappa shape index (κ2) is 8.24. The highest BCUT2D eigenvalue weighted by Gasteiger charge is 2.12. The van der Waals surface area contributed by atoms with Crippen LogP contribution < -0.4 is 19.5 Å². The first kappa shape index (κ1) is 15.1. The van der Waals surface area contributed by atoms with E-state index in [1.54, 1.807) is 32.4 Å². The molecule has 0 aliphatic carbocycles. The molecule has 19 heavy (non-hydrogen) atoms. The van der Waals surface area contributed by atoms with Gasteiger partial charge < -0.3 is 19.5 Å². The molecule has 0 aromatic heterocycles. The minimum Gasteiger partial charge on any atom is -0.493 e. The monoisotopic (exact) mass is 267 g/mol. The molecule has 0 bridgehead atoms. The van der Waals surface area contributed by atoms with Gasteiger partial charge in [-0.15, -0.1) is 0 Å². The summed E-state index contributed by atoms with van der Waals surface area (Å²) in [4.78, 5) is 11.6. The fraction of sp³-hybridized carbons (Fsp3) is 0.500. The summed E-state index contributed by atoms with van der Waals surface area (Å²) in [5, 5.41) is 2.78. The van der Waals surface area contributed by atoms with E-state index in [-0.39, 0.29) is 12.5 Å². The average Bonchev–Trinajstić information content (AvgIpc) is 2.44. The Morgan fingerprint density at radius 3 is 2.37 bits per heavy atom. The lowest BCUT2D eigenvalue weighted by Crippen LogP contribution is -2.29. The molecule has 1 aromatic rings. The summed E-state index contributed by atoms with van der Waals surface area (Å²) in [7, 11) is 3.09. The Balaban J connectivity index is 2.58. The molecule has 0 spiro atoms. The Hall–Kier alpha value is -1.91. The Morgan fingerprint density at radius 1 is 1.21 bits per heavy atom. The maximum atomic E-state index is 11.6. The molecule has 1 amide bonds. The first-order valence-electron chi connectivity index (χ1n) is 6.33. The lowest BCUT2D eigenvalue weighted by atomic mass is 10.3. The van der Waals surface area contributed by atoms with Crippen molar-refractivity contribution in [2.75, 3.05) is 27.4 Å². The zero-order chi connectivity index (χ0) is 14.1. The highest BCUT2D eigenvalue weighted by Crippen LogP contribution is 2.36. The third-order valence-corrected chi connectivity index (χ3v) is 2.58. The van der Waals surface area contributed by atoms with E-state index in [0.717, 1.165) is 12.8 Å². The Bertz CT molecular complexity index is 384. The number of carbonyl (C=O) groups is 1. The van der Waals surface area contributed by atoms with Crippen molar-refractivity contribution in [3.63, 3.8) is 0 Å². The largest absolute Gasteiger partial charge is 0.493 e. The molecule has 0 heterocycles. The predicted octanol–water partition coefficient (Wildman–Crippen LogP) is 2.00. The molecule has 0 aliphatic heterocycles. The minimum absolute atomic E-state index is 0.0551. The van der Waals surface area contributed by atoms with Crippen molar-refractivity contribution < 1.29 is 19.0 Å². The molecule has 5 nitrogen and oxygen atoms in total. The summed E-state index contributed by atoms with van der Waals surface area (Å²) < 4.78 is 15.8. The van der Waals surface area contributed by atoms with E-state index in [1.165, 1.54) is 0 Å². The number of benzene rings is 1. The fourth-order valence-electron chi connectivity index (χ4n) is 1.55. The first-order chi connectivity index (χ1) is 9.22. The third kappa shape index (κ3) is 4.69. The number of nitrogens with one attached hydrogen (secondary N) is 1. The normalized spacial score (nSPS) is 9.84. The lowest BCUT2D eigenvalue weighted by Gasteiger charge is -2.13. The van der Waals surface area contributed by atoms with Crippen LogP contribution in [0.3, 0.4) is 0 Å². The highest BCUT2D eigenvalue weighted by molar-refractivity contribution is 5.77. The summed E-state index contributed by atoms with van der Waals surface area (Å²) >= 11 is 0. The number of unbranched alkanes of at least 4 members (excludes halogenated alkanes) is 1. The number of hydrogen-bond donors (Lipinski definition) is 1. The number of amides is 1. The topological polar surface area (TPSA) is 56.8 Å². The summed E-state index contributed by atoms with van der Waals surface area (Å²) in [5.74, 6) is 1.38. The van der Waals surface area contributed by atoms with Crippen molar-refractivity contribution >= 4 is 5.91 Å². The van der Waals surface area contributed by atoms with Crippen molar-refractivity contribution in [2.24, 2.45) is 0 Å². The standard InChI is InChI=1S/C14H21NO4/c1-4-5-9-15-13(16)10-19-14-11(17-2)7-6-8-12(14)18-3/h6-8H,4-5,9-10H2,1-3H3,(H,15,16). The van der Waals surface area contributed by atoms with Gasteiger partial charge in [-0.2, -0.15) is 0 Å². The summed E-state index contributed by atoms with van der Waals surface area (Å²) in [6, 6.07) is 5.31. The summed E-state index contributed by atoms with van der Waals surface area (Å²) in [6.07, 6.45) is 2.01. The Kier molecular flexibility index (Phi) is 6.57. The molecule has 0 radical (unpaired) electrons. The van der Waals surface area contributed by atoms with Crippen molar-refractivity contribution in [1.82, 2.24) is 5.32 Å². The van der Waals surface area contributed by atoms with Gasteiger partial charge in [0.1, 0.15) is 0 Å². The van der Waals surface area contributed by atoms with Crippen molar-refractivity contribution in [2.45, 2.75) is 19.8 Å². The van der Waals surface area contributed by atoms with E-state index in [9.17, 15) is 4.79 Å². The molecule has 106 valence electrons. The Labute approximate surface area is 113 Å². The molecule has 0 saturated heterocycles. The van der Waals surface area contributed by atoms with Crippen LogP contribution in [0.25, 0.3) is 0 Å². The zero-order valence-electron chi connectivity index (χ0n) is 11.7. The SMILES string of the molecule is CCCCNC(=O)COc1c(OC)cccc1OC. The number of ether oxygens (including phenoxy) is 3. The van der Waals surface area contributed by atoms with Crippen molar-refractivity contribution in [1.29, 1.82) is 0 Å². The number of hydrogen-bond acceptors (Lipinski definition) is 4. The van der Waals surface area contributed by atoms with Gasteiger partial charge in [-0.1, -0.05) is 19.4 Å². The van der Waals surface area contributed by atoms with Gasteiger partial charge in [0.25, 0.3) is 5.91 Å². The van der Waals surface area contributed by atoms with E-state index < -0.39 is 0 Å². The highest BCUT2D eigenvalue weighted by atomic mass is 16.5. The van der Waals surface area contributed by atoms with Crippen LogP contribution in [0.4, 0.5) is 0 Å². The van der Waals surface area contributed by atoms with E-state index in [1.807, 2.05) is 0 Å². The van der Waals surface area contributed by atoms with Gasteiger partial charge >= 0.3 is 0 Å². The number of para-hydroxylation sites is 1. The molecule has 1 aromatic carbocycles. The molecule has 0 saturated carbocycles. The molecule has 0 fully saturated rings. The van der Waals surface area contributed by atoms with Crippen LogP contribution in [0.1, 0.15) is 19.8 Å². The van der Waals surface area contributed by atoms with Crippen molar-refractivity contribution in [3.8, 4) is 17.2 Å². The van der Waals surface area contributed by atoms with Gasteiger partial charge in [-0.25, -0.2) is 0 Å². The smallest absolute Gasteiger partial charge is 0.257 e. The molecule has 0 aliphatic rings. The van der Waals surface area contributed by atoms with Gasteiger partial charge in [0.05, 0.1) is 14.2 Å². The summed E-state index contributed by atoms with van der Waals surface area (Å²) in [6.45, 7) is 2.69. The quantitative estimate of drug-likeness (QED) is 0.732. The van der Waals surface area contributed by atoms with Crippen LogP contribution in [0, 0.1) is 0 Å². The van der Waals surface area contributed by atoms with E-state index >= 15 is 0 Å². The molecule has 1 N–H and O–H groups in total. The number of methoxy groups -OCH3 is 2. The average molecular weight is 267 g/mol. The molecule has 0 atom stereocenters. The third-order valence-electron chi connectivity index (χ3n) is 2.58. The fourth-order valence-corrected chi connectivity index (χ4v) is 1.55. The van der Waals surface area contributed by atoms with E-state index in [4.69, 9.17) is 14.2 Å². The van der Waals surface area contributed by atoms with Crippen LogP contribution in [0.15, 0.2) is 18.2 Å². The van der Waals surface area contributed by atoms with Gasteiger partial charge in [0.15, 0.2) is 18.1 Å². The molecular formula is C14H21NO4. The molecule has 0 unspecified atom stereocenters. The maximum Gasteiger partial charge on any atom is 0.257 e. The maximum absolute atomic E-state index is 11.6. The molecule has 1 rings (SSSR count).